The fraction of sp³-hybridized carbons (Fsp3) is 0.267. The summed E-state index contributed by atoms with van der Waals surface area (Å²) in [6.07, 6.45) is 2.19. The SMILES string of the molecule is CCCCN1CC(C(=O)Nc2ccc(C(=O)Nc3ccc(-c4nc5ccc(C)cc5s4)cc3)cc2)CC1=O. The summed E-state index contributed by atoms with van der Waals surface area (Å²) in [5.41, 5.74) is 4.96. The first-order valence-electron chi connectivity index (χ1n) is 12.9. The predicted octanol–water partition coefficient (Wildman–Crippen LogP) is 6.11. The number of anilines is 2. The zero-order chi connectivity index (χ0) is 26.6. The normalized spacial score (nSPS) is 15.2. The van der Waals surface area contributed by atoms with Crippen LogP contribution in [0.1, 0.15) is 42.1 Å². The molecule has 3 amide bonds. The summed E-state index contributed by atoms with van der Waals surface area (Å²) >= 11 is 1.65. The molecule has 4 aromatic rings. The molecule has 1 saturated heterocycles. The molecule has 1 aliphatic rings. The van der Waals surface area contributed by atoms with E-state index >= 15 is 0 Å². The van der Waals surface area contributed by atoms with E-state index in [-0.39, 0.29) is 30.1 Å². The molecule has 1 atom stereocenters. The molecule has 0 bridgehead atoms. The number of likely N-dealkylation sites (tertiary alicyclic amines) is 1. The summed E-state index contributed by atoms with van der Waals surface area (Å²) in [5, 5.41) is 6.73. The number of hydrogen-bond donors (Lipinski definition) is 2. The maximum atomic E-state index is 12.8. The minimum atomic E-state index is -0.350. The van der Waals surface area contributed by atoms with Crippen LogP contribution in [0.4, 0.5) is 11.4 Å². The number of nitrogens with one attached hydrogen (secondary N) is 2. The van der Waals surface area contributed by atoms with Gasteiger partial charge in [-0.15, -0.1) is 11.3 Å². The monoisotopic (exact) mass is 526 g/mol. The molecule has 0 radical (unpaired) electrons. The average molecular weight is 527 g/mol. The van der Waals surface area contributed by atoms with Crippen LogP contribution >= 0.6 is 11.3 Å². The average Bonchev–Trinajstić information content (AvgIpc) is 3.51. The maximum Gasteiger partial charge on any atom is 0.255 e. The summed E-state index contributed by atoms with van der Waals surface area (Å²) in [4.78, 5) is 44.1. The van der Waals surface area contributed by atoms with Crippen LogP contribution in [0.3, 0.4) is 0 Å². The Morgan fingerprint density at radius 3 is 2.45 bits per heavy atom. The van der Waals surface area contributed by atoms with Gasteiger partial charge in [-0.3, -0.25) is 14.4 Å². The second-order valence-corrected chi connectivity index (χ2v) is 10.7. The molecular weight excluding hydrogens is 496 g/mol. The molecule has 194 valence electrons. The van der Waals surface area contributed by atoms with Crippen molar-refractivity contribution in [3.05, 3.63) is 77.9 Å². The van der Waals surface area contributed by atoms with Crippen LogP contribution in [0.5, 0.6) is 0 Å². The number of fused-ring (bicyclic) bond motifs is 1. The molecule has 5 rings (SSSR count). The zero-order valence-electron chi connectivity index (χ0n) is 21.5. The van der Waals surface area contributed by atoms with Crippen molar-refractivity contribution < 1.29 is 14.4 Å². The molecule has 0 aliphatic carbocycles. The lowest BCUT2D eigenvalue weighted by Crippen LogP contribution is -2.29. The van der Waals surface area contributed by atoms with Gasteiger partial charge < -0.3 is 15.5 Å². The van der Waals surface area contributed by atoms with E-state index in [1.54, 1.807) is 40.5 Å². The Hall–Kier alpha value is -4.04. The number of thiazole rings is 1. The van der Waals surface area contributed by atoms with Crippen LogP contribution in [0.25, 0.3) is 20.8 Å². The highest BCUT2D eigenvalue weighted by atomic mass is 32.1. The Bertz CT molecular complexity index is 1480. The topological polar surface area (TPSA) is 91.4 Å². The molecule has 1 fully saturated rings. The van der Waals surface area contributed by atoms with Gasteiger partial charge in [0.1, 0.15) is 5.01 Å². The number of benzene rings is 3. The number of carbonyl (C=O) groups excluding carboxylic acids is 3. The number of nitrogens with zero attached hydrogens (tertiary/aromatic N) is 2. The Kier molecular flexibility index (Phi) is 7.51. The van der Waals surface area contributed by atoms with E-state index in [2.05, 4.69) is 36.6 Å². The zero-order valence-corrected chi connectivity index (χ0v) is 22.3. The van der Waals surface area contributed by atoms with Gasteiger partial charge in [-0.1, -0.05) is 19.4 Å². The van der Waals surface area contributed by atoms with Gasteiger partial charge in [0, 0.05) is 42.0 Å². The summed E-state index contributed by atoms with van der Waals surface area (Å²) in [7, 11) is 0. The molecular formula is C30H30N4O3S. The van der Waals surface area contributed by atoms with Gasteiger partial charge in [0.05, 0.1) is 16.1 Å². The van der Waals surface area contributed by atoms with E-state index in [0.29, 0.717) is 30.0 Å². The first kappa shape index (κ1) is 25.6. The fourth-order valence-electron chi connectivity index (χ4n) is 4.52. The Morgan fingerprint density at radius 1 is 1.00 bits per heavy atom. The number of aryl methyl sites for hydroxylation is 1. The van der Waals surface area contributed by atoms with Crippen LogP contribution in [-0.4, -0.2) is 40.7 Å². The van der Waals surface area contributed by atoms with Crippen molar-refractivity contribution in [3.8, 4) is 10.6 Å². The highest BCUT2D eigenvalue weighted by Gasteiger charge is 2.33. The highest BCUT2D eigenvalue weighted by Crippen LogP contribution is 2.31. The molecule has 8 heteroatoms. The van der Waals surface area contributed by atoms with Crippen LogP contribution in [0.2, 0.25) is 0 Å². The Morgan fingerprint density at radius 2 is 1.71 bits per heavy atom. The van der Waals surface area contributed by atoms with Crippen molar-refractivity contribution in [1.82, 2.24) is 9.88 Å². The predicted molar refractivity (Wildman–Crippen MR) is 152 cm³/mol. The third-order valence-electron chi connectivity index (χ3n) is 6.72. The molecule has 7 nitrogen and oxygen atoms in total. The van der Waals surface area contributed by atoms with E-state index in [4.69, 9.17) is 4.98 Å². The van der Waals surface area contributed by atoms with E-state index < -0.39 is 0 Å². The molecule has 2 N–H and O–H groups in total. The molecule has 1 unspecified atom stereocenters. The fourth-order valence-corrected chi connectivity index (χ4v) is 5.59. The van der Waals surface area contributed by atoms with Crippen LogP contribution in [0.15, 0.2) is 66.7 Å². The van der Waals surface area contributed by atoms with Crippen LogP contribution in [-0.2, 0) is 9.59 Å². The van der Waals surface area contributed by atoms with E-state index in [1.165, 1.54) is 5.56 Å². The molecule has 1 aliphatic heterocycles. The number of aromatic nitrogens is 1. The van der Waals surface area contributed by atoms with Crippen LogP contribution in [0, 0.1) is 12.8 Å². The van der Waals surface area contributed by atoms with E-state index in [0.717, 1.165) is 33.6 Å². The lowest BCUT2D eigenvalue weighted by molar-refractivity contribution is -0.128. The van der Waals surface area contributed by atoms with Crippen molar-refractivity contribution in [2.75, 3.05) is 23.7 Å². The molecule has 1 aromatic heterocycles. The molecule has 38 heavy (non-hydrogen) atoms. The van der Waals surface area contributed by atoms with Gasteiger partial charge in [0.15, 0.2) is 0 Å². The van der Waals surface area contributed by atoms with Gasteiger partial charge in [0.2, 0.25) is 11.8 Å². The minimum Gasteiger partial charge on any atom is -0.342 e. The summed E-state index contributed by atoms with van der Waals surface area (Å²) in [5.74, 6) is -0.719. The first-order chi connectivity index (χ1) is 18.4. The second-order valence-electron chi connectivity index (χ2n) is 9.68. The summed E-state index contributed by atoms with van der Waals surface area (Å²) in [6.45, 7) is 5.31. The molecule has 3 aromatic carbocycles. The van der Waals surface area contributed by atoms with Crippen LogP contribution < -0.4 is 10.6 Å². The van der Waals surface area contributed by atoms with Gasteiger partial charge in [-0.05, 0) is 79.6 Å². The number of hydrogen-bond acceptors (Lipinski definition) is 5. The van der Waals surface area contributed by atoms with Crippen molar-refractivity contribution in [2.45, 2.75) is 33.1 Å². The number of rotatable bonds is 8. The van der Waals surface area contributed by atoms with Gasteiger partial charge in [0.25, 0.3) is 5.91 Å². The number of unbranched alkanes of at least 4 members (excludes halogenated alkanes) is 1. The van der Waals surface area contributed by atoms with Gasteiger partial charge in [-0.2, -0.15) is 0 Å². The minimum absolute atomic E-state index is 0.0359. The van der Waals surface area contributed by atoms with E-state index in [1.807, 2.05) is 30.3 Å². The van der Waals surface area contributed by atoms with Crippen molar-refractivity contribution >= 4 is 50.6 Å². The lowest BCUT2D eigenvalue weighted by atomic mass is 10.1. The highest BCUT2D eigenvalue weighted by molar-refractivity contribution is 7.21. The molecule has 2 heterocycles. The van der Waals surface area contributed by atoms with Crippen molar-refractivity contribution in [3.63, 3.8) is 0 Å². The molecule has 0 saturated carbocycles. The van der Waals surface area contributed by atoms with E-state index in [9.17, 15) is 14.4 Å². The second kappa shape index (κ2) is 11.1. The quantitative estimate of drug-likeness (QED) is 0.290. The largest absolute Gasteiger partial charge is 0.342 e. The summed E-state index contributed by atoms with van der Waals surface area (Å²) in [6, 6.07) is 20.6. The first-order valence-corrected chi connectivity index (χ1v) is 13.7. The van der Waals surface area contributed by atoms with Crippen molar-refractivity contribution in [1.29, 1.82) is 0 Å². The Balaban J connectivity index is 1.17. The molecule has 0 spiro atoms. The number of amides is 3. The maximum absolute atomic E-state index is 12.8. The number of carbonyl (C=O) groups is 3. The third kappa shape index (κ3) is 5.75. The van der Waals surface area contributed by atoms with Crippen molar-refractivity contribution in [2.24, 2.45) is 5.92 Å². The standard InChI is InChI=1S/C30H30N4O3S/c1-3-4-15-34-18-22(17-27(34)35)29(37)32-23-10-6-20(7-11-23)28(36)31-24-12-8-21(9-13-24)30-33-25-14-5-19(2)16-26(25)38-30/h5-14,16,22H,3-4,15,17-18H2,1-2H3,(H,31,36)(H,32,37). The summed E-state index contributed by atoms with van der Waals surface area (Å²) < 4.78 is 1.16. The lowest BCUT2D eigenvalue weighted by Gasteiger charge is -2.16. The van der Waals surface area contributed by atoms with Gasteiger partial charge >= 0.3 is 0 Å². The Labute approximate surface area is 225 Å². The smallest absolute Gasteiger partial charge is 0.255 e. The van der Waals surface area contributed by atoms with Gasteiger partial charge in [-0.25, -0.2) is 4.98 Å². The third-order valence-corrected chi connectivity index (χ3v) is 7.78.